The molecule has 2 N–H and O–H groups in total. The molecule has 0 spiro atoms. The zero-order chi connectivity index (χ0) is 14.5. The number of nitrogens with zero attached hydrogens (tertiary/aromatic N) is 1. The molecule has 20 heavy (non-hydrogen) atoms. The number of nitrogens with one attached hydrogen (secondary N) is 2. The lowest BCUT2D eigenvalue weighted by molar-refractivity contribution is 0.694. The minimum absolute atomic E-state index is 0.131. The number of halogens is 2. The van der Waals surface area contributed by atoms with Gasteiger partial charge < -0.3 is 5.32 Å². The molecule has 106 valence electrons. The van der Waals surface area contributed by atoms with Crippen LogP contribution in [-0.4, -0.2) is 16.7 Å². The molecule has 4 nitrogen and oxygen atoms in total. The van der Waals surface area contributed by atoms with Crippen molar-refractivity contribution < 1.29 is 0 Å². The number of rotatable bonds is 5. The molecule has 0 fully saturated rings. The van der Waals surface area contributed by atoms with E-state index in [-0.39, 0.29) is 5.02 Å². The zero-order valence-electron chi connectivity index (χ0n) is 11.0. The Balaban J connectivity index is 2.09. The number of hydrogen-bond donors (Lipinski definition) is 2. The van der Waals surface area contributed by atoms with E-state index >= 15 is 0 Å². The van der Waals surface area contributed by atoms with Gasteiger partial charge in [-0.15, -0.1) is 0 Å². The molecular formula is C14H15Cl2N3O. The topological polar surface area (TPSA) is 57.8 Å². The Hall–Kier alpha value is -1.52. The van der Waals surface area contributed by atoms with Gasteiger partial charge in [0, 0.05) is 17.5 Å². The summed E-state index contributed by atoms with van der Waals surface area (Å²) >= 11 is 11.8. The van der Waals surface area contributed by atoms with Crippen molar-refractivity contribution in [1.82, 2.24) is 10.2 Å². The Morgan fingerprint density at radius 3 is 2.65 bits per heavy atom. The van der Waals surface area contributed by atoms with Crippen LogP contribution < -0.4 is 10.9 Å². The Morgan fingerprint density at radius 1 is 1.30 bits per heavy atom. The Bertz CT molecular complexity index is 625. The number of benzene rings is 1. The highest BCUT2D eigenvalue weighted by Gasteiger charge is 2.11. The van der Waals surface area contributed by atoms with Crippen LogP contribution in [0.5, 0.6) is 0 Å². The maximum Gasteiger partial charge on any atom is 0.285 e. The van der Waals surface area contributed by atoms with Crippen LogP contribution in [-0.2, 0) is 0 Å². The summed E-state index contributed by atoms with van der Waals surface area (Å²) in [7, 11) is 0. The fourth-order valence-corrected chi connectivity index (χ4v) is 2.26. The van der Waals surface area contributed by atoms with E-state index in [9.17, 15) is 4.79 Å². The first-order valence-electron chi connectivity index (χ1n) is 6.34. The third-order valence-electron chi connectivity index (χ3n) is 3.17. The highest BCUT2D eigenvalue weighted by molar-refractivity contribution is 6.32. The van der Waals surface area contributed by atoms with Gasteiger partial charge in [-0.1, -0.05) is 42.3 Å². The van der Waals surface area contributed by atoms with Crippen molar-refractivity contribution in [1.29, 1.82) is 0 Å². The van der Waals surface area contributed by atoms with Crippen molar-refractivity contribution in [2.24, 2.45) is 0 Å². The molecule has 0 bridgehead atoms. The highest BCUT2D eigenvalue weighted by Crippen LogP contribution is 2.23. The van der Waals surface area contributed by atoms with E-state index in [1.54, 1.807) is 0 Å². The van der Waals surface area contributed by atoms with Gasteiger partial charge >= 0.3 is 0 Å². The van der Waals surface area contributed by atoms with Crippen molar-refractivity contribution in [2.75, 3.05) is 11.9 Å². The van der Waals surface area contributed by atoms with Gasteiger partial charge in [-0.3, -0.25) is 4.79 Å². The molecule has 1 aromatic carbocycles. The summed E-state index contributed by atoms with van der Waals surface area (Å²) in [5, 5.41) is 10.0. The van der Waals surface area contributed by atoms with Gasteiger partial charge in [0.2, 0.25) is 0 Å². The maximum atomic E-state index is 11.4. The van der Waals surface area contributed by atoms with E-state index in [1.165, 1.54) is 11.8 Å². The number of aromatic amines is 1. The minimum atomic E-state index is -0.392. The Labute approximate surface area is 127 Å². The second-order valence-electron chi connectivity index (χ2n) is 4.46. The first-order valence-corrected chi connectivity index (χ1v) is 7.10. The monoisotopic (exact) mass is 311 g/mol. The maximum absolute atomic E-state index is 11.4. The number of aromatic nitrogens is 2. The van der Waals surface area contributed by atoms with Gasteiger partial charge in [-0.2, -0.15) is 5.10 Å². The number of hydrogen-bond acceptors (Lipinski definition) is 3. The Morgan fingerprint density at radius 2 is 2.00 bits per heavy atom. The van der Waals surface area contributed by atoms with Gasteiger partial charge in [0.25, 0.3) is 5.56 Å². The summed E-state index contributed by atoms with van der Waals surface area (Å²) in [6, 6.07) is 7.77. The molecule has 6 heteroatoms. The minimum Gasteiger partial charge on any atom is -0.382 e. The molecule has 0 saturated carbocycles. The van der Waals surface area contributed by atoms with Gasteiger partial charge in [0.1, 0.15) is 5.02 Å². The first-order chi connectivity index (χ1) is 9.61. The fraction of sp³-hybridized carbons (Fsp3) is 0.286. The normalized spacial score (nSPS) is 12.2. The summed E-state index contributed by atoms with van der Waals surface area (Å²) in [5.74, 6) is 0.308. The van der Waals surface area contributed by atoms with Crippen LogP contribution in [0.2, 0.25) is 10.0 Å². The van der Waals surface area contributed by atoms with E-state index < -0.39 is 5.56 Å². The van der Waals surface area contributed by atoms with E-state index in [0.29, 0.717) is 18.2 Å². The average Bonchev–Trinajstić information content (AvgIpc) is 2.45. The fourth-order valence-electron chi connectivity index (χ4n) is 1.97. The molecule has 0 saturated heterocycles. The van der Waals surface area contributed by atoms with Crippen LogP contribution >= 0.6 is 23.2 Å². The highest BCUT2D eigenvalue weighted by atomic mass is 35.5. The van der Waals surface area contributed by atoms with Crippen LogP contribution in [0.4, 0.5) is 5.69 Å². The van der Waals surface area contributed by atoms with Crippen molar-refractivity contribution in [3.05, 3.63) is 56.4 Å². The second-order valence-corrected chi connectivity index (χ2v) is 5.28. The van der Waals surface area contributed by atoms with E-state index in [0.717, 1.165) is 11.4 Å². The van der Waals surface area contributed by atoms with Crippen molar-refractivity contribution in [3.8, 4) is 0 Å². The summed E-state index contributed by atoms with van der Waals surface area (Å²) in [6.07, 6.45) is 2.47. The van der Waals surface area contributed by atoms with Crippen molar-refractivity contribution in [3.63, 3.8) is 0 Å². The van der Waals surface area contributed by atoms with Gasteiger partial charge in [-0.25, -0.2) is 5.10 Å². The Kier molecular flexibility index (Phi) is 5.04. The average molecular weight is 312 g/mol. The predicted molar refractivity (Wildman–Crippen MR) is 82.8 cm³/mol. The molecule has 1 heterocycles. The molecule has 0 amide bonds. The molecule has 0 radical (unpaired) electrons. The summed E-state index contributed by atoms with van der Waals surface area (Å²) < 4.78 is 0. The largest absolute Gasteiger partial charge is 0.382 e. The quantitative estimate of drug-likeness (QED) is 0.885. The van der Waals surface area contributed by atoms with Crippen LogP contribution in [0.1, 0.15) is 24.8 Å². The predicted octanol–water partition coefficient (Wildman–Crippen LogP) is 3.68. The molecular weight excluding hydrogens is 297 g/mol. The molecule has 1 aromatic heterocycles. The van der Waals surface area contributed by atoms with Crippen LogP contribution in [0, 0.1) is 0 Å². The van der Waals surface area contributed by atoms with Crippen LogP contribution in [0.3, 0.4) is 0 Å². The molecule has 1 unspecified atom stereocenters. The van der Waals surface area contributed by atoms with E-state index in [4.69, 9.17) is 23.2 Å². The molecule has 2 rings (SSSR count). The summed E-state index contributed by atoms with van der Waals surface area (Å²) in [6.45, 7) is 2.78. The third-order valence-corrected chi connectivity index (χ3v) is 3.80. The smallest absolute Gasteiger partial charge is 0.285 e. The molecule has 0 aliphatic rings. The number of H-pyrrole nitrogens is 1. The summed E-state index contributed by atoms with van der Waals surface area (Å²) in [4.78, 5) is 11.4. The van der Waals surface area contributed by atoms with Gasteiger partial charge in [-0.05, 0) is 24.1 Å². The molecule has 2 aromatic rings. The lowest BCUT2D eigenvalue weighted by atomic mass is 9.96. The number of anilines is 1. The molecule has 0 aliphatic heterocycles. The van der Waals surface area contributed by atoms with Gasteiger partial charge in [0.15, 0.2) is 0 Å². The van der Waals surface area contributed by atoms with E-state index in [1.807, 2.05) is 24.3 Å². The van der Waals surface area contributed by atoms with Crippen LogP contribution in [0.25, 0.3) is 0 Å². The van der Waals surface area contributed by atoms with Crippen molar-refractivity contribution >= 4 is 28.9 Å². The van der Waals surface area contributed by atoms with Gasteiger partial charge in [0.05, 0.1) is 11.9 Å². The molecule has 0 aliphatic carbocycles. The van der Waals surface area contributed by atoms with Crippen LogP contribution in [0.15, 0.2) is 35.3 Å². The SMILES string of the molecule is CCC(CNc1cn[nH]c(=O)c1Cl)c1ccc(Cl)cc1. The standard InChI is InChI=1S/C14H15Cl2N3O/c1-2-9(10-3-5-11(15)6-4-10)7-17-12-8-18-19-14(20)13(12)16/h3-6,8-9H,2,7H2,1H3,(H2,17,19,20). The third kappa shape index (κ3) is 3.52. The zero-order valence-corrected chi connectivity index (χ0v) is 12.5. The van der Waals surface area contributed by atoms with Crippen molar-refractivity contribution in [2.45, 2.75) is 19.3 Å². The lowest BCUT2D eigenvalue weighted by Crippen LogP contribution is -2.16. The second kappa shape index (κ2) is 6.77. The summed E-state index contributed by atoms with van der Waals surface area (Å²) in [5.41, 5.74) is 1.34. The lowest BCUT2D eigenvalue weighted by Gasteiger charge is -2.17. The van der Waals surface area contributed by atoms with E-state index in [2.05, 4.69) is 22.4 Å². The molecule has 1 atom stereocenters. The first kappa shape index (κ1) is 14.9.